The van der Waals surface area contributed by atoms with Crippen LogP contribution < -0.4 is 4.74 Å². The van der Waals surface area contributed by atoms with Crippen molar-refractivity contribution in [2.75, 3.05) is 14.2 Å². The molecule has 0 atom stereocenters. The fourth-order valence-corrected chi connectivity index (χ4v) is 2.28. The second-order valence-electron chi connectivity index (χ2n) is 5.30. The lowest BCUT2D eigenvalue weighted by atomic mass is 10.1. The van der Waals surface area contributed by atoms with Crippen molar-refractivity contribution >= 4 is 16.5 Å². The molecule has 0 aliphatic rings. The molecule has 2 rings (SSSR count). The zero-order valence-electron chi connectivity index (χ0n) is 15.1. The molecule has 0 aromatic heterocycles. The summed E-state index contributed by atoms with van der Waals surface area (Å²) >= 11 is 0. The third-order valence-electron chi connectivity index (χ3n) is 3.55. The Morgan fingerprint density at radius 1 is 1.07 bits per heavy atom. The second kappa shape index (κ2) is 9.03. The topological polar surface area (TPSA) is 129 Å². The van der Waals surface area contributed by atoms with Gasteiger partial charge in [-0.1, -0.05) is 36.9 Å². The fourth-order valence-electron chi connectivity index (χ4n) is 2.28. The maximum atomic E-state index is 11.1. The summed E-state index contributed by atoms with van der Waals surface area (Å²) in [5.41, 5.74) is -0.282. The smallest absolute Gasteiger partial charge is 0.434 e. The largest absolute Gasteiger partial charge is 0.494 e. The molecule has 0 saturated heterocycles. The van der Waals surface area contributed by atoms with Crippen LogP contribution >= 0.6 is 0 Å². The highest BCUT2D eigenvalue weighted by molar-refractivity contribution is 5.95. The molecule has 0 amide bonds. The molecule has 0 radical (unpaired) electrons. The number of azo groups is 1. The van der Waals surface area contributed by atoms with Gasteiger partial charge in [-0.3, -0.25) is 20.2 Å². The van der Waals surface area contributed by atoms with Gasteiger partial charge in [0.05, 0.1) is 24.8 Å². The molecule has 0 N–H and O–H groups in total. The number of allylic oxidation sites excluding steroid dienone is 2. The van der Waals surface area contributed by atoms with Gasteiger partial charge in [-0.25, -0.2) is 0 Å². The molecule has 0 aliphatic carbocycles. The van der Waals surface area contributed by atoms with E-state index < -0.39 is 21.4 Å². The van der Waals surface area contributed by atoms with Gasteiger partial charge in [0, 0.05) is 11.5 Å². The first-order valence-electron chi connectivity index (χ1n) is 7.80. The quantitative estimate of drug-likeness (QED) is 0.218. The maximum absolute atomic E-state index is 11.1. The number of hydrogen-bond acceptors (Lipinski definition) is 8. The molecule has 10 heteroatoms. The van der Waals surface area contributed by atoms with Crippen LogP contribution in [0, 0.1) is 20.2 Å². The average molecular weight is 384 g/mol. The summed E-state index contributed by atoms with van der Waals surface area (Å²) in [5.74, 6) is -0.327. The number of hydrogen-bond donors (Lipinski definition) is 0. The lowest BCUT2D eigenvalue weighted by Crippen LogP contribution is -2.04. The van der Waals surface area contributed by atoms with Crippen LogP contribution in [-0.2, 0) is 4.74 Å². The molecule has 0 aliphatic heterocycles. The van der Waals surface area contributed by atoms with E-state index in [0.29, 0.717) is 17.5 Å². The molecular formula is C18H16N4O6. The molecule has 28 heavy (non-hydrogen) atoms. The Bertz CT molecular complexity index is 1030. The molecule has 0 spiro atoms. The standard InChI is InChI=1S/C18H16N4O6/c1-12(10-14(21(23)24)11-17(28-3)22(25)26)19-20-18-15-7-5-4-6-13(15)8-9-16(18)27-2/h4-11H,1H2,2-3H3/b14-10+,17-11-,20-19?. The van der Waals surface area contributed by atoms with Crippen molar-refractivity contribution in [2.24, 2.45) is 10.2 Å². The number of nitrogens with zero attached hydrogens (tertiary/aromatic N) is 4. The van der Waals surface area contributed by atoms with Crippen molar-refractivity contribution in [2.45, 2.75) is 0 Å². The van der Waals surface area contributed by atoms with Crippen molar-refractivity contribution < 1.29 is 19.3 Å². The minimum Gasteiger partial charge on any atom is -0.494 e. The third kappa shape index (κ3) is 4.75. The Kier molecular flexibility index (Phi) is 6.53. The van der Waals surface area contributed by atoms with Gasteiger partial charge in [0.25, 0.3) is 5.70 Å². The highest BCUT2D eigenvalue weighted by atomic mass is 16.7. The zero-order chi connectivity index (χ0) is 20.7. The first-order chi connectivity index (χ1) is 13.4. The number of rotatable bonds is 8. The Balaban J connectivity index is 2.42. The summed E-state index contributed by atoms with van der Waals surface area (Å²) in [7, 11) is 2.52. The van der Waals surface area contributed by atoms with Crippen LogP contribution in [0.1, 0.15) is 0 Å². The van der Waals surface area contributed by atoms with Crippen LogP contribution in [0.15, 0.2) is 82.6 Å². The van der Waals surface area contributed by atoms with E-state index in [1.807, 2.05) is 30.3 Å². The molecule has 0 unspecified atom stereocenters. The Morgan fingerprint density at radius 3 is 2.39 bits per heavy atom. The summed E-state index contributed by atoms with van der Waals surface area (Å²) < 4.78 is 9.79. The maximum Gasteiger partial charge on any atom is 0.434 e. The first-order valence-corrected chi connectivity index (χ1v) is 7.80. The molecule has 0 fully saturated rings. The average Bonchev–Trinajstić information content (AvgIpc) is 2.68. The zero-order valence-corrected chi connectivity index (χ0v) is 15.1. The van der Waals surface area contributed by atoms with Crippen molar-refractivity contribution in [3.05, 3.63) is 92.6 Å². The van der Waals surface area contributed by atoms with E-state index in [9.17, 15) is 20.2 Å². The van der Waals surface area contributed by atoms with Crippen molar-refractivity contribution in [3.63, 3.8) is 0 Å². The molecule has 2 aromatic carbocycles. The number of methoxy groups -OCH3 is 2. The van der Waals surface area contributed by atoms with Gasteiger partial charge >= 0.3 is 5.88 Å². The molecular weight excluding hydrogens is 368 g/mol. The minimum atomic E-state index is -0.886. The molecule has 2 aromatic rings. The van der Waals surface area contributed by atoms with Crippen molar-refractivity contribution in [3.8, 4) is 5.75 Å². The number of benzene rings is 2. The summed E-state index contributed by atoms with van der Waals surface area (Å²) in [6.07, 6.45) is 1.61. The van der Waals surface area contributed by atoms with Crippen LogP contribution in [0.25, 0.3) is 10.8 Å². The molecule has 10 nitrogen and oxygen atoms in total. The first kappa shape index (κ1) is 20.2. The van der Waals surface area contributed by atoms with Gasteiger partial charge in [-0.05, 0) is 11.5 Å². The fraction of sp³-hybridized carbons (Fsp3) is 0.111. The van der Waals surface area contributed by atoms with Gasteiger partial charge < -0.3 is 9.47 Å². The predicted octanol–water partition coefficient (Wildman–Crippen LogP) is 4.37. The summed E-state index contributed by atoms with van der Waals surface area (Å²) in [6.45, 7) is 3.58. The minimum absolute atomic E-state index is 0.0864. The Hall–Kier alpha value is -4.08. The van der Waals surface area contributed by atoms with Crippen LogP contribution in [0.5, 0.6) is 5.75 Å². The lowest BCUT2D eigenvalue weighted by Gasteiger charge is -2.07. The van der Waals surface area contributed by atoms with E-state index in [1.165, 1.54) is 7.11 Å². The summed E-state index contributed by atoms with van der Waals surface area (Å²) in [4.78, 5) is 20.2. The molecule has 144 valence electrons. The molecule has 0 saturated carbocycles. The van der Waals surface area contributed by atoms with E-state index in [2.05, 4.69) is 21.5 Å². The predicted molar refractivity (Wildman–Crippen MR) is 101 cm³/mol. The van der Waals surface area contributed by atoms with Crippen LogP contribution in [0.2, 0.25) is 0 Å². The molecule has 0 heterocycles. The summed E-state index contributed by atoms with van der Waals surface area (Å²) in [5, 5.41) is 31.6. The number of fused-ring (bicyclic) bond motifs is 1. The molecule has 0 bridgehead atoms. The monoisotopic (exact) mass is 384 g/mol. The Labute approximate surface area is 159 Å². The normalized spacial score (nSPS) is 12.2. The number of nitro groups is 2. The van der Waals surface area contributed by atoms with E-state index in [-0.39, 0.29) is 5.70 Å². The Morgan fingerprint density at radius 2 is 1.79 bits per heavy atom. The third-order valence-corrected chi connectivity index (χ3v) is 3.55. The van der Waals surface area contributed by atoms with Gasteiger partial charge in [-0.15, -0.1) is 5.11 Å². The highest BCUT2D eigenvalue weighted by Gasteiger charge is 2.18. The van der Waals surface area contributed by atoms with E-state index >= 15 is 0 Å². The van der Waals surface area contributed by atoms with Crippen LogP contribution in [0.3, 0.4) is 0 Å². The van der Waals surface area contributed by atoms with E-state index in [0.717, 1.165) is 24.0 Å². The van der Waals surface area contributed by atoms with Crippen molar-refractivity contribution in [1.82, 2.24) is 0 Å². The van der Waals surface area contributed by atoms with Gasteiger partial charge in [0.15, 0.2) is 0 Å². The summed E-state index contributed by atoms with van der Waals surface area (Å²) in [6, 6.07) is 11.0. The SMILES string of the molecule is C=C(/C=C(\C=C(/OC)[N+](=O)[O-])[N+](=O)[O-])N=Nc1c(OC)ccc2ccccc12. The van der Waals surface area contributed by atoms with Crippen molar-refractivity contribution in [1.29, 1.82) is 0 Å². The number of ether oxygens (including phenoxy) is 2. The van der Waals surface area contributed by atoms with E-state index in [1.54, 1.807) is 6.07 Å². The van der Waals surface area contributed by atoms with Gasteiger partial charge in [0.2, 0.25) is 0 Å². The highest BCUT2D eigenvalue weighted by Crippen LogP contribution is 2.36. The van der Waals surface area contributed by atoms with Crippen LogP contribution in [0.4, 0.5) is 5.69 Å². The van der Waals surface area contributed by atoms with E-state index in [4.69, 9.17) is 4.74 Å². The van der Waals surface area contributed by atoms with Gasteiger partial charge in [0.1, 0.15) is 22.4 Å². The second-order valence-corrected chi connectivity index (χ2v) is 5.30. The van der Waals surface area contributed by atoms with Crippen LogP contribution in [-0.4, -0.2) is 24.1 Å². The van der Waals surface area contributed by atoms with Gasteiger partial charge in [-0.2, -0.15) is 5.11 Å². The lowest BCUT2D eigenvalue weighted by molar-refractivity contribution is -0.465.